The summed E-state index contributed by atoms with van der Waals surface area (Å²) in [7, 11) is 0. The number of fused-ring (bicyclic) bond motifs is 1. The summed E-state index contributed by atoms with van der Waals surface area (Å²) in [4.78, 5) is 0. The Balaban J connectivity index is 1.79. The zero-order chi connectivity index (χ0) is 11.0. The summed E-state index contributed by atoms with van der Waals surface area (Å²) >= 11 is 0. The molecule has 0 amide bonds. The molecular formula is C13H20N2O. The lowest BCUT2D eigenvalue weighted by molar-refractivity contribution is 0.182. The SMILES string of the molecule is NC1CCCc2c1ccn2CC1CCOC1. The molecule has 3 nitrogen and oxygen atoms in total. The second kappa shape index (κ2) is 4.22. The Kier molecular flexibility index (Phi) is 2.74. The van der Waals surface area contributed by atoms with Gasteiger partial charge in [0.25, 0.3) is 0 Å². The second-order valence-electron chi connectivity index (χ2n) is 5.10. The van der Waals surface area contributed by atoms with Crippen molar-refractivity contribution in [3.05, 3.63) is 23.5 Å². The van der Waals surface area contributed by atoms with Crippen LogP contribution in [0.1, 0.15) is 36.6 Å². The van der Waals surface area contributed by atoms with Gasteiger partial charge < -0.3 is 15.0 Å². The molecule has 1 aromatic rings. The lowest BCUT2D eigenvalue weighted by Gasteiger charge is -2.22. The highest BCUT2D eigenvalue weighted by Gasteiger charge is 2.22. The van der Waals surface area contributed by atoms with Crippen molar-refractivity contribution < 1.29 is 4.74 Å². The van der Waals surface area contributed by atoms with Crippen molar-refractivity contribution in [1.29, 1.82) is 0 Å². The van der Waals surface area contributed by atoms with Crippen molar-refractivity contribution in [2.24, 2.45) is 11.7 Å². The van der Waals surface area contributed by atoms with Crippen LogP contribution in [0, 0.1) is 5.92 Å². The van der Waals surface area contributed by atoms with E-state index < -0.39 is 0 Å². The molecule has 0 saturated carbocycles. The molecule has 2 aliphatic rings. The fraction of sp³-hybridized carbons (Fsp3) is 0.692. The van der Waals surface area contributed by atoms with Crippen LogP contribution in [0.3, 0.4) is 0 Å². The summed E-state index contributed by atoms with van der Waals surface area (Å²) in [5.74, 6) is 0.703. The molecule has 0 bridgehead atoms. The van der Waals surface area contributed by atoms with E-state index in [1.165, 1.54) is 30.5 Å². The van der Waals surface area contributed by atoms with Crippen LogP contribution in [0.4, 0.5) is 0 Å². The van der Waals surface area contributed by atoms with E-state index in [1.807, 2.05) is 0 Å². The number of ether oxygens (including phenoxy) is 1. The Morgan fingerprint density at radius 3 is 3.19 bits per heavy atom. The average molecular weight is 220 g/mol. The first-order valence-corrected chi connectivity index (χ1v) is 6.36. The first-order valence-electron chi connectivity index (χ1n) is 6.36. The van der Waals surface area contributed by atoms with Crippen LogP contribution < -0.4 is 5.73 Å². The Bertz CT molecular complexity index is 366. The summed E-state index contributed by atoms with van der Waals surface area (Å²) in [5, 5.41) is 0. The van der Waals surface area contributed by atoms with Crippen LogP contribution in [0.2, 0.25) is 0 Å². The van der Waals surface area contributed by atoms with Gasteiger partial charge >= 0.3 is 0 Å². The van der Waals surface area contributed by atoms with Crippen molar-refractivity contribution in [1.82, 2.24) is 4.57 Å². The Hall–Kier alpha value is -0.800. The molecule has 2 atom stereocenters. The molecule has 2 N–H and O–H groups in total. The van der Waals surface area contributed by atoms with Gasteiger partial charge in [0.2, 0.25) is 0 Å². The molecular weight excluding hydrogens is 200 g/mol. The van der Waals surface area contributed by atoms with Crippen molar-refractivity contribution in [2.45, 2.75) is 38.3 Å². The predicted octanol–water partition coefficient (Wildman–Crippen LogP) is 1.86. The van der Waals surface area contributed by atoms with Gasteiger partial charge in [-0.25, -0.2) is 0 Å². The van der Waals surface area contributed by atoms with Gasteiger partial charge in [-0.15, -0.1) is 0 Å². The molecule has 1 fully saturated rings. The summed E-state index contributed by atoms with van der Waals surface area (Å²) in [6.07, 6.45) is 7.00. The quantitative estimate of drug-likeness (QED) is 0.826. The van der Waals surface area contributed by atoms with Crippen molar-refractivity contribution in [3.8, 4) is 0 Å². The lowest BCUT2D eigenvalue weighted by Crippen LogP contribution is -2.20. The van der Waals surface area contributed by atoms with Gasteiger partial charge in [0.05, 0.1) is 6.61 Å². The van der Waals surface area contributed by atoms with E-state index in [1.54, 1.807) is 0 Å². The fourth-order valence-corrected chi connectivity index (χ4v) is 2.97. The van der Waals surface area contributed by atoms with Crippen LogP contribution >= 0.6 is 0 Å². The van der Waals surface area contributed by atoms with Crippen LogP contribution in [-0.2, 0) is 17.7 Å². The molecule has 16 heavy (non-hydrogen) atoms. The molecule has 3 rings (SSSR count). The molecule has 1 aromatic heterocycles. The second-order valence-corrected chi connectivity index (χ2v) is 5.10. The largest absolute Gasteiger partial charge is 0.381 e. The number of nitrogens with two attached hydrogens (primary N) is 1. The number of hydrogen-bond acceptors (Lipinski definition) is 2. The highest BCUT2D eigenvalue weighted by Crippen LogP contribution is 2.29. The topological polar surface area (TPSA) is 40.2 Å². The molecule has 2 heterocycles. The predicted molar refractivity (Wildman–Crippen MR) is 63.2 cm³/mol. The Morgan fingerprint density at radius 1 is 1.44 bits per heavy atom. The van der Waals surface area contributed by atoms with E-state index >= 15 is 0 Å². The molecule has 88 valence electrons. The Morgan fingerprint density at radius 2 is 2.38 bits per heavy atom. The summed E-state index contributed by atoms with van der Waals surface area (Å²) in [5.41, 5.74) is 8.99. The minimum Gasteiger partial charge on any atom is -0.381 e. The van der Waals surface area contributed by atoms with E-state index in [-0.39, 0.29) is 6.04 Å². The van der Waals surface area contributed by atoms with Gasteiger partial charge in [-0.1, -0.05) is 0 Å². The maximum Gasteiger partial charge on any atom is 0.0512 e. The lowest BCUT2D eigenvalue weighted by atomic mass is 9.93. The zero-order valence-corrected chi connectivity index (χ0v) is 9.69. The van der Waals surface area contributed by atoms with Crippen molar-refractivity contribution in [3.63, 3.8) is 0 Å². The van der Waals surface area contributed by atoms with Gasteiger partial charge in [0, 0.05) is 37.0 Å². The van der Waals surface area contributed by atoms with Gasteiger partial charge in [-0.2, -0.15) is 0 Å². The standard InChI is InChI=1S/C13H20N2O/c14-12-2-1-3-13-11(12)4-6-15(13)8-10-5-7-16-9-10/h4,6,10,12H,1-3,5,7-9,14H2. The maximum atomic E-state index is 6.13. The first kappa shape index (κ1) is 10.4. The monoisotopic (exact) mass is 220 g/mol. The number of hydrogen-bond donors (Lipinski definition) is 1. The average Bonchev–Trinajstić information content (AvgIpc) is 2.90. The molecule has 0 spiro atoms. The van der Waals surface area contributed by atoms with E-state index in [0.29, 0.717) is 5.92 Å². The summed E-state index contributed by atoms with van der Waals surface area (Å²) in [6, 6.07) is 2.49. The smallest absolute Gasteiger partial charge is 0.0512 e. The van der Waals surface area contributed by atoms with Crippen molar-refractivity contribution in [2.75, 3.05) is 13.2 Å². The number of aromatic nitrogens is 1. The normalized spacial score (nSPS) is 29.3. The third kappa shape index (κ3) is 1.78. The van der Waals surface area contributed by atoms with E-state index in [9.17, 15) is 0 Å². The van der Waals surface area contributed by atoms with Gasteiger partial charge in [-0.05, 0) is 37.3 Å². The van der Waals surface area contributed by atoms with Crippen LogP contribution in [-0.4, -0.2) is 17.8 Å². The van der Waals surface area contributed by atoms with Crippen LogP contribution in [0.25, 0.3) is 0 Å². The molecule has 0 radical (unpaired) electrons. The highest BCUT2D eigenvalue weighted by molar-refractivity contribution is 5.28. The summed E-state index contributed by atoms with van der Waals surface area (Å²) in [6.45, 7) is 2.98. The number of rotatable bonds is 2. The maximum absolute atomic E-state index is 6.13. The third-order valence-electron chi connectivity index (χ3n) is 3.92. The van der Waals surface area contributed by atoms with Gasteiger partial charge in [0.1, 0.15) is 0 Å². The third-order valence-corrected chi connectivity index (χ3v) is 3.92. The Labute approximate surface area is 96.6 Å². The molecule has 1 aliphatic carbocycles. The molecule has 1 saturated heterocycles. The summed E-state index contributed by atoms with van der Waals surface area (Å²) < 4.78 is 7.84. The van der Waals surface area contributed by atoms with Crippen molar-refractivity contribution >= 4 is 0 Å². The van der Waals surface area contributed by atoms with Gasteiger partial charge in [-0.3, -0.25) is 0 Å². The molecule has 1 aliphatic heterocycles. The molecule has 2 unspecified atom stereocenters. The van der Waals surface area contributed by atoms with E-state index in [2.05, 4.69) is 16.8 Å². The van der Waals surface area contributed by atoms with E-state index in [4.69, 9.17) is 10.5 Å². The zero-order valence-electron chi connectivity index (χ0n) is 9.69. The van der Waals surface area contributed by atoms with Crippen LogP contribution in [0.5, 0.6) is 0 Å². The minimum atomic E-state index is 0.268. The van der Waals surface area contributed by atoms with Crippen LogP contribution in [0.15, 0.2) is 12.3 Å². The number of nitrogens with zero attached hydrogens (tertiary/aromatic N) is 1. The fourth-order valence-electron chi connectivity index (χ4n) is 2.97. The highest BCUT2D eigenvalue weighted by atomic mass is 16.5. The first-order chi connectivity index (χ1) is 7.84. The molecule has 3 heteroatoms. The van der Waals surface area contributed by atoms with Gasteiger partial charge in [0.15, 0.2) is 0 Å². The molecule has 0 aromatic carbocycles. The van der Waals surface area contributed by atoms with E-state index in [0.717, 1.165) is 26.2 Å². The minimum absolute atomic E-state index is 0.268.